The number of rotatable bonds is 2. The summed E-state index contributed by atoms with van der Waals surface area (Å²) < 4.78 is -0.691. The van der Waals surface area contributed by atoms with Crippen LogP contribution in [0.5, 0.6) is 0 Å². The summed E-state index contributed by atoms with van der Waals surface area (Å²) in [5.74, 6) is 0. The molecule has 0 aliphatic heterocycles. The Bertz CT molecular complexity index is 129. The van der Waals surface area contributed by atoms with Crippen LogP contribution in [-0.4, -0.2) is 38.6 Å². The van der Waals surface area contributed by atoms with Crippen molar-refractivity contribution in [2.45, 2.75) is 0 Å². The number of hydrogen-bond acceptors (Lipinski definition) is 1. The van der Waals surface area contributed by atoms with Crippen LogP contribution in [-0.2, 0) is 17.6 Å². The first kappa shape index (κ1) is 10.4. The summed E-state index contributed by atoms with van der Waals surface area (Å²) in [5.41, 5.74) is 0. The van der Waals surface area contributed by atoms with E-state index in [9.17, 15) is 0 Å². The first-order chi connectivity index (χ1) is 3.98. The van der Waals surface area contributed by atoms with Crippen LogP contribution in [0.3, 0.4) is 0 Å². The van der Waals surface area contributed by atoms with Crippen LogP contribution in [0.25, 0.3) is 0 Å². The van der Waals surface area contributed by atoms with Gasteiger partial charge in [0, 0.05) is 0 Å². The van der Waals surface area contributed by atoms with Crippen molar-refractivity contribution in [1.82, 2.24) is 4.90 Å². The van der Waals surface area contributed by atoms with E-state index in [1.807, 2.05) is 0 Å². The van der Waals surface area contributed by atoms with Gasteiger partial charge in [-0.25, -0.2) is 0 Å². The van der Waals surface area contributed by atoms with Gasteiger partial charge in [-0.2, -0.15) is 0 Å². The molecule has 0 aliphatic rings. The molecule has 0 N–H and O–H groups in total. The zero-order valence-electron chi connectivity index (χ0n) is 6.28. The molecule has 0 unspecified atom stereocenters. The minimum absolute atomic E-state index is 0.0701. The molecular weight excluding hydrogens is 337 g/mol. The summed E-state index contributed by atoms with van der Waals surface area (Å²) in [6, 6.07) is 0. The molecule has 62 valence electrons. The van der Waals surface area contributed by atoms with Crippen molar-refractivity contribution in [3.63, 3.8) is 0 Å². The van der Waals surface area contributed by atoms with Gasteiger partial charge in [-0.15, -0.1) is 0 Å². The van der Waals surface area contributed by atoms with Gasteiger partial charge >= 0.3 is 70.1 Å². The van der Waals surface area contributed by atoms with Crippen molar-refractivity contribution in [3.05, 3.63) is 0 Å². The molecule has 0 atom stereocenters. The zero-order chi connectivity index (χ0) is 7.49. The molecule has 0 saturated carbocycles. The van der Waals surface area contributed by atoms with Crippen molar-refractivity contribution in [1.29, 1.82) is 0 Å². The van der Waals surface area contributed by atoms with E-state index in [1.54, 1.807) is 0 Å². The van der Waals surface area contributed by atoms with E-state index < -0.39 is 4.69 Å². The van der Waals surface area contributed by atoms with E-state index in [1.165, 1.54) is 6.29 Å². The predicted molar refractivity (Wildman–Crippen MR) is 43.2 cm³/mol. The van der Waals surface area contributed by atoms with Crippen molar-refractivity contribution < 1.29 is 17.6 Å². The molecule has 0 aromatic heterocycles. The van der Waals surface area contributed by atoms with E-state index in [0.29, 0.717) is 0 Å². The van der Waals surface area contributed by atoms with Gasteiger partial charge < -0.3 is 0 Å². The predicted octanol–water partition coefficient (Wildman–Crippen LogP) is 1.93. The molecule has 0 radical (unpaired) electrons. The SMILES string of the molecule is CN(C)C[P](C)(C)=[Au][Cl]. The standard InChI is InChI=1S/C5H14NP.Au.ClH/c1-6(2)5-7(3)4;;/h5H2,1-4H3;;1H/q;+1;/p-1. The molecule has 0 rings (SSSR count). The van der Waals surface area contributed by atoms with Gasteiger partial charge in [0.25, 0.3) is 0 Å². The minimum atomic E-state index is -0.691. The van der Waals surface area contributed by atoms with Crippen LogP contribution in [0.2, 0.25) is 0 Å². The van der Waals surface area contributed by atoms with Crippen molar-refractivity contribution in [3.8, 4) is 0 Å². The third-order valence-electron chi connectivity index (χ3n) is 0.746. The summed E-state index contributed by atoms with van der Waals surface area (Å²) in [5, 5.41) is 0. The van der Waals surface area contributed by atoms with E-state index in [-0.39, 0.29) is 17.6 Å². The summed E-state index contributed by atoms with van der Waals surface area (Å²) in [7, 11) is 10.1. The molecule has 0 heterocycles. The fourth-order valence-corrected chi connectivity index (χ4v) is 4.98. The quantitative estimate of drug-likeness (QED) is 0.543. The van der Waals surface area contributed by atoms with Gasteiger partial charge in [0.15, 0.2) is 0 Å². The Morgan fingerprint density at radius 3 is 2.00 bits per heavy atom. The zero-order valence-corrected chi connectivity index (χ0v) is 10.1. The fraction of sp³-hybridized carbons (Fsp3) is 1.00. The van der Waals surface area contributed by atoms with Gasteiger partial charge in [0.1, 0.15) is 0 Å². The number of halogens is 1. The first-order valence-electron chi connectivity index (χ1n) is 2.67. The topological polar surface area (TPSA) is 3.24 Å². The van der Waals surface area contributed by atoms with Crippen LogP contribution < -0.4 is 0 Å². The number of hydrogen-bond donors (Lipinski definition) is 0. The molecule has 0 spiro atoms. The van der Waals surface area contributed by atoms with Gasteiger partial charge in [-0.1, -0.05) is 0 Å². The Morgan fingerprint density at radius 1 is 1.44 bits per heavy atom. The molecule has 0 amide bonds. The maximum absolute atomic E-state index is 5.86. The normalized spacial score (nSPS) is 13.1. The molecular formula is C5H14AuClNP. The average molecular weight is 352 g/mol. The molecule has 0 aromatic carbocycles. The molecule has 4 heteroatoms. The van der Waals surface area contributed by atoms with Gasteiger partial charge in [0.2, 0.25) is 0 Å². The van der Waals surface area contributed by atoms with Crippen LogP contribution in [0.4, 0.5) is 0 Å². The van der Waals surface area contributed by atoms with Crippen molar-refractivity contribution in [2.75, 3.05) is 33.7 Å². The van der Waals surface area contributed by atoms with Gasteiger partial charge in [-0.05, 0) is 0 Å². The van der Waals surface area contributed by atoms with E-state index in [0.717, 1.165) is 0 Å². The van der Waals surface area contributed by atoms with Gasteiger partial charge in [-0.3, -0.25) is 0 Å². The molecule has 0 fully saturated rings. The summed E-state index contributed by atoms with van der Waals surface area (Å²) >= 11 is 0.0701. The number of nitrogens with zero attached hydrogens (tertiary/aromatic N) is 1. The summed E-state index contributed by atoms with van der Waals surface area (Å²) in [6.07, 6.45) is 1.21. The van der Waals surface area contributed by atoms with E-state index in [2.05, 4.69) is 32.3 Å². The van der Waals surface area contributed by atoms with Crippen LogP contribution in [0.15, 0.2) is 0 Å². The third-order valence-corrected chi connectivity index (χ3v) is 12.9. The molecule has 0 aliphatic carbocycles. The Labute approximate surface area is 70.1 Å². The molecule has 9 heavy (non-hydrogen) atoms. The first-order valence-corrected chi connectivity index (χ1v) is 11.0. The Kier molecular flexibility index (Phi) is 5.01. The Hall–Kier alpha value is 1.42. The van der Waals surface area contributed by atoms with Crippen molar-refractivity contribution in [2.24, 2.45) is 0 Å². The van der Waals surface area contributed by atoms with E-state index >= 15 is 0 Å². The van der Waals surface area contributed by atoms with Crippen molar-refractivity contribution >= 4 is 13.9 Å². The van der Waals surface area contributed by atoms with Crippen LogP contribution >= 0.6 is 13.9 Å². The second kappa shape index (κ2) is 4.33. The molecule has 0 aromatic rings. The summed E-state index contributed by atoms with van der Waals surface area (Å²) in [6.45, 7) is 4.64. The average Bonchev–Trinajstić information content (AvgIpc) is 1.63. The second-order valence-corrected chi connectivity index (χ2v) is 17.5. The third kappa shape index (κ3) is 5.84. The van der Waals surface area contributed by atoms with Crippen LogP contribution in [0, 0.1) is 0 Å². The fourth-order valence-electron chi connectivity index (χ4n) is 0.667. The maximum atomic E-state index is 5.86. The monoisotopic (exact) mass is 351 g/mol. The van der Waals surface area contributed by atoms with Crippen LogP contribution in [0.1, 0.15) is 0 Å². The Balaban J connectivity index is 3.89. The molecule has 0 saturated heterocycles. The molecule has 0 bridgehead atoms. The summed E-state index contributed by atoms with van der Waals surface area (Å²) in [4.78, 5) is 2.23. The second-order valence-electron chi connectivity index (χ2n) is 2.72. The van der Waals surface area contributed by atoms with Gasteiger partial charge in [0.05, 0.1) is 0 Å². The van der Waals surface area contributed by atoms with E-state index in [4.69, 9.17) is 9.19 Å². The Morgan fingerprint density at radius 2 is 1.89 bits per heavy atom. The molecule has 1 nitrogen and oxygen atoms in total.